The van der Waals surface area contributed by atoms with E-state index in [0.29, 0.717) is 18.4 Å². The Labute approximate surface area is 90.2 Å². The molecule has 1 aromatic rings. The Morgan fingerprint density at radius 3 is 2.53 bits per heavy atom. The number of carbonyl (C=O) groups excluding carboxylic acids is 1. The van der Waals surface area contributed by atoms with Crippen LogP contribution in [0.1, 0.15) is 42.6 Å². The second-order valence-corrected chi connectivity index (χ2v) is 3.76. The molecule has 3 nitrogen and oxygen atoms in total. The molecule has 1 N–H and O–H groups in total. The first-order valence-electron chi connectivity index (χ1n) is 5.23. The zero-order valence-corrected chi connectivity index (χ0v) is 9.45. The number of carbonyl (C=O) groups is 1. The van der Waals surface area contributed by atoms with Crippen LogP contribution in [0.3, 0.4) is 0 Å². The lowest BCUT2D eigenvalue weighted by Crippen LogP contribution is -2.37. The first-order valence-corrected chi connectivity index (χ1v) is 5.23. The van der Waals surface area contributed by atoms with Crippen LogP contribution in [0.5, 0.6) is 0 Å². The van der Waals surface area contributed by atoms with Crippen molar-refractivity contribution in [2.45, 2.75) is 39.2 Å². The maximum atomic E-state index is 12.1. The number of rotatable bonds is 4. The largest absolute Gasteiger partial charge is 0.382 e. The van der Waals surface area contributed by atoms with Gasteiger partial charge in [0.15, 0.2) is 5.78 Å². The summed E-state index contributed by atoms with van der Waals surface area (Å²) in [6.07, 6.45) is 4.02. The molecule has 1 aromatic heterocycles. The van der Waals surface area contributed by atoms with E-state index in [0.717, 1.165) is 5.56 Å². The summed E-state index contributed by atoms with van der Waals surface area (Å²) in [5.41, 5.74) is 0.132. The molecule has 0 spiro atoms. The minimum absolute atomic E-state index is 0.224. The van der Waals surface area contributed by atoms with Crippen molar-refractivity contribution in [3.8, 4) is 0 Å². The van der Waals surface area contributed by atoms with E-state index < -0.39 is 5.60 Å². The van der Waals surface area contributed by atoms with Crippen LogP contribution < -0.4 is 0 Å². The summed E-state index contributed by atoms with van der Waals surface area (Å²) in [7, 11) is 0. The van der Waals surface area contributed by atoms with Crippen molar-refractivity contribution in [1.82, 2.24) is 4.98 Å². The molecule has 0 aliphatic rings. The number of aliphatic hydroxyl groups is 1. The fourth-order valence-electron chi connectivity index (χ4n) is 1.52. The highest BCUT2D eigenvalue weighted by Crippen LogP contribution is 2.22. The number of aromatic nitrogens is 1. The molecule has 1 heterocycles. The topological polar surface area (TPSA) is 50.2 Å². The van der Waals surface area contributed by atoms with Crippen LogP contribution in [-0.2, 0) is 0 Å². The Morgan fingerprint density at radius 1 is 1.47 bits per heavy atom. The van der Waals surface area contributed by atoms with E-state index in [1.54, 1.807) is 12.3 Å². The fraction of sp³-hybridized carbons (Fsp3) is 0.500. The minimum atomic E-state index is -1.24. The van der Waals surface area contributed by atoms with Crippen LogP contribution in [0.15, 0.2) is 18.5 Å². The zero-order valence-electron chi connectivity index (χ0n) is 9.45. The van der Waals surface area contributed by atoms with Gasteiger partial charge in [0.05, 0.1) is 0 Å². The number of nitrogens with zero attached hydrogens (tertiary/aromatic N) is 1. The van der Waals surface area contributed by atoms with E-state index in [-0.39, 0.29) is 5.78 Å². The summed E-state index contributed by atoms with van der Waals surface area (Å²) >= 11 is 0. The molecule has 0 atom stereocenters. The molecule has 0 saturated heterocycles. The van der Waals surface area contributed by atoms with E-state index in [9.17, 15) is 9.90 Å². The van der Waals surface area contributed by atoms with Crippen LogP contribution >= 0.6 is 0 Å². The standard InChI is InChI=1S/C12H17NO2/c1-4-12(15,5-2)11(14)10-8-13-7-6-9(10)3/h6-8,15H,4-5H2,1-3H3. The van der Waals surface area contributed by atoms with Gasteiger partial charge < -0.3 is 5.11 Å². The molecule has 1 rings (SSSR count). The molecule has 3 heteroatoms. The van der Waals surface area contributed by atoms with Crippen molar-refractivity contribution in [2.75, 3.05) is 0 Å². The average Bonchev–Trinajstić information content (AvgIpc) is 2.28. The Bertz CT molecular complexity index is 356. The highest BCUT2D eigenvalue weighted by molar-refractivity contribution is 6.03. The molecule has 0 aliphatic heterocycles. The normalized spacial score (nSPS) is 11.5. The summed E-state index contributed by atoms with van der Waals surface area (Å²) in [5.74, 6) is -0.224. The number of ketones is 1. The smallest absolute Gasteiger partial charge is 0.196 e. The van der Waals surface area contributed by atoms with Gasteiger partial charge in [0, 0.05) is 18.0 Å². The van der Waals surface area contributed by atoms with E-state index in [1.807, 2.05) is 20.8 Å². The number of pyridine rings is 1. The molecule has 15 heavy (non-hydrogen) atoms. The van der Waals surface area contributed by atoms with Gasteiger partial charge in [-0.25, -0.2) is 0 Å². The maximum Gasteiger partial charge on any atom is 0.196 e. The lowest BCUT2D eigenvalue weighted by molar-refractivity contribution is 0.0276. The predicted molar refractivity (Wildman–Crippen MR) is 58.8 cm³/mol. The quantitative estimate of drug-likeness (QED) is 0.769. The Kier molecular flexibility index (Phi) is 3.58. The number of hydrogen-bond acceptors (Lipinski definition) is 3. The van der Waals surface area contributed by atoms with Crippen LogP contribution in [0.4, 0.5) is 0 Å². The summed E-state index contributed by atoms with van der Waals surface area (Å²) in [5, 5.41) is 10.1. The van der Waals surface area contributed by atoms with Gasteiger partial charge in [-0.2, -0.15) is 0 Å². The van der Waals surface area contributed by atoms with E-state index >= 15 is 0 Å². The van der Waals surface area contributed by atoms with Gasteiger partial charge in [-0.1, -0.05) is 13.8 Å². The molecular weight excluding hydrogens is 190 g/mol. The first kappa shape index (κ1) is 11.9. The van der Waals surface area contributed by atoms with Crippen molar-refractivity contribution < 1.29 is 9.90 Å². The molecule has 0 fully saturated rings. The third-order valence-electron chi connectivity index (χ3n) is 2.88. The molecule has 82 valence electrons. The molecular formula is C12H17NO2. The Morgan fingerprint density at radius 2 is 2.07 bits per heavy atom. The highest BCUT2D eigenvalue weighted by Gasteiger charge is 2.33. The maximum absolute atomic E-state index is 12.1. The molecule has 0 amide bonds. The van der Waals surface area contributed by atoms with Crippen LogP contribution in [0.25, 0.3) is 0 Å². The molecule has 0 aliphatic carbocycles. The third kappa shape index (κ3) is 2.23. The van der Waals surface area contributed by atoms with Crippen LogP contribution in [0.2, 0.25) is 0 Å². The summed E-state index contributed by atoms with van der Waals surface area (Å²) < 4.78 is 0. The van der Waals surface area contributed by atoms with Gasteiger partial charge in [0.1, 0.15) is 5.60 Å². The Balaban J connectivity index is 3.09. The second kappa shape index (κ2) is 4.53. The molecule has 0 saturated carbocycles. The third-order valence-corrected chi connectivity index (χ3v) is 2.88. The van der Waals surface area contributed by atoms with Crippen molar-refractivity contribution in [1.29, 1.82) is 0 Å². The van der Waals surface area contributed by atoms with Gasteiger partial charge in [-0.3, -0.25) is 9.78 Å². The molecule has 0 unspecified atom stereocenters. The SMILES string of the molecule is CCC(O)(CC)C(=O)c1cnccc1C. The van der Waals surface area contributed by atoms with Crippen molar-refractivity contribution >= 4 is 5.78 Å². The van der Waals surface area contributed by atoms with E-state index in [2.05, 4.69) is 4.98 Å². The average molecular weight is 207 g/mol. The predicted octanol–water partition coefficient (Wildman–Crippen LogP) is 2.12. The lowest BCUT2D eigenvalue weighted by atomic mass is 9.87. The van der Waals surface area contributed by atoms with E-state index in [4.69, 9.17) is 0 Å². The molecule has 0 aromatic carbocycles. The van der Waals surface area contributed by atoms with Crippen LogP contribution in [0, 0.1) is 6.92 Å². The number of Topliss-reactive ketones (excluding diaryl/α,β-unsaturated/α-hetero) is 1. The summed E-state index contributed by atoms with van der Waals surface area (Å²) in [4.78, 5) is 16.0. The molecule has 0 bridgehead atoms. The highest BCUT2D eigenvalue weighted by atomic mass is 16.3. The van der Waals surface area contributed by atoms with Crippen LogP contribution in [-0.4, -0.2) is 21.5 Å². The monoisotopic (exact) mass is 207 g/mol. The van der Waals surface area contributed by atoms with Gasteiger partial charge >= 0.3 is 0 Å². The fourth-order valence-corrected chi connectivity index (χ4v) is 1.52. The van der Waals surface area contributed by atoms with Gasteiger partial charge in [0.25, 0.3) is 0 Å². The van der Waals surface area contributed by atoms with Crippen molar-refractivity contribution in [3.05, 3.63) is 29.6 Å². The Hall–Kier alpha value is -1.22. The molecule has 0 radical (unpaired) electrons. The summed E-state index contributed by atoms with van der Waals surface area (Å²) in [6.45, 7) is 5.47. The second-order valence-electron chi connectivity index (χ2n) is 3.76. The first-order chi connectivity index (χ1) is 7.05. The summed E-state index contributed by atoms with van der Waals surface area (Å²) in [6, 6.07) is 1.78. The lowest BCUT2D eigenvalue weighted by Gasteiger charge is -2.23. The number of aryl methyl sites for hydroxylation is 1. The van der Waals surface area contributed by atoms with Crippen molar-refractivity contribution in [2.24, 2.45) is 0 Å². The number of hydrogen-bond donors (Lipinski definition) is 1. The van der Waals surface area contributed by atoms with E-state index in [1.165, 1.54) is 6.20 Å². The minimum Gasteiger partial charge on any atom is -0.382 e. The van der Waals surface area contributed by atoms with Crippen molar-refractivity contribution in [3.63, 3.8) is 0 Å². The zero-order chi connectivity index (χ0) is 11.5. The van der Waals surface area contributed by atoms with Gasteiger partial charge in [-0.05, 0) is 31.4 Å². The van der Waals surface area contributed by atoms with Gasteiger partial charge in [-0.15, -0.1) is 0 Å². The van der Waals surface area contributed by atoms with Gasteiger partial charge in [0.2, 0.25) is 0 Å².